The maximum Gasteiger partial charge on any atom is 0.335 e. The van der Waals surface area contributed by atoms with Crippen LogP contribution in [-0.4, -0.2) is 182 Å². The monoisotopic (exact) mass is 929 g/mol. The Labute approximate surface area is 379 Å². The second-order valence-electron chi connectivity index (χ2n) is 15.6. The Bertz CT molecular complexity index is 1830. The molecule has 24 heteroatoms. The molecule has 11 amide bonds. The first-order valence-electron chi connectivity index (χ1n) is 21.4. The summed E-state index contributed by atoms with van der Waals surface area (Å²) in [5, 5.41) is 8.59. The van der Waals surface area contributed by atoms with E-state index in [0.717, 1.165) is 51.2 Å². The Morgan fingerprint density at radius 2 is 0.924 bits per heavy atom. The van der Waals surface area contributed by atoms with E-state index in [4.69, 9.17) is 23.8 Å². The normalized spacial score (nSPS) is 16.4. The Kier molecular flexibility index (Phi) is 20.9. The fourth-order valence-electron chi connectivity index (χ4n) is 6.49. The van der Waals surface area contributed by atoms with Gasteiger partial charge in [-0.2, -0.15) is 0 Å². The van der Waals surface area contributed by atoms with Gasteiger partial charge >= 0.3 is 5.97 Å². The summed E-state index contributed by atoms with van der Waals surface area (Å²) in [4.78, 5) is 152. The van der Waals surface area contributed by atoms with Crippen molar-refractivity contribution >= 4 is 70.9 Å². The van der Waals surface area contributed by atoms with E-state index in [1.165, 1.54) is 0 Å². The Hall–Kier alpha value is -6.50. The molecule has 3 N–H and O–H groups in total. The van der Waals surface area contributed by atoms with E-state index >= 15 is 0 Å². The lowest BCUT2D eigenvalue weighted by Gasteiger charge is -2.33. The van der Waals surface area contributed by atoms with Crippen molar-refractivity contribution in [2.45, 2.75) is 64.3 Å². The van der Waals surface area contributed by atoms with Crippen molar-refractivity contribution in [2.75, 3.05) is 85.6 Å². The molecule has 4 aliphatic rings. The average Bonchev–Trinajstić information content (AvgIpc) is 3.99. The van der Waals surface area contributed by atoms with Crippen LogP contribution in [0.4, 0.5) is 0 Å². The van der Waals surface area contributed by atoms with Gasteiger partial charge < -0.3 is 39.7 Å². The molecule has 0 aliphatic carbocycles. The highest BCUT2D eigenvalue weighted by atomic mass is 16.7. The van der Waals surface area contributed by atoms with E-state index in [9.17, 15) is 57.5 Å². The number of carbonyl (C=O) groups excluding carboxylic acids is 12. The molecule has 1 fully saturated rings. The minimum absolute atomic E-state index is 0.0196. The van der Waals surface area contributed by atoms with Gasteiger partial charge in [0.25, 0.3) is 47.3 Å². The quantitative estimate of drug-likeness (QED) is 0.0464. The second-order valence-corrected chi connectivity index (χ2v) is 15.6. The number of hydroxylamine groups is 2. The van der Waals surface area contributed by atoms with Crippen molar-refractivity contribution in [2.24, 2.45) is 5.41 Å². The number of nitrogens with one attached hydrogen (secondary N) is 3. The van der Waals surface area contributed by atoms with Crippen LogP contribution in [0.5, 0.6) is 0 Å². The van der Waals surface area contributed by atoms with Crippen LogP contribution in [0, 0.1) is 5.41 Å². The molecular formula is C42H55N7O17. The van der Waals surface area contributed by atoms with Gasteiger partial charge in [-0.05, 0) is 19.8 Å². The molecule has 0 radical (unpaired) electrons. The highest BCUT2D eigenvalue weighted by Crippen LogP contribution is 2.22. The van der Waals surface area contributed by atoms with Crippen molar-refractivity contribution < 1.29 is 81.3 Å². The van der Waals surface area contributed by atoms with Crippen LogP contribution < -0.4 is 16.0 Å². The smallest absolute Gasteiger partial charge is 0.335 e. The topological polar surface area (TPSA) is 300 Å². The number of amides is 11. The molecule has 1 atom stereocenters. The second kappa shape index (κ2) is 26.5. The predicted octanol–water partition coefficient (Wildman–Crippen LogP) is -2.50. The van der Waals surface area contributed by atoms with Crippen LogP contribution >= 0.6 is 0 Å². The SMILES string of the molecule is CC(COCC(COCCCNC(=O)CCN1C(=O)C=CC1=O)(COCCCNC(=O)CCN1C(=O)C=CC1=O)COCCC(=O)ON1C(=O)CCC1=O)NC(=O)CCN1C(=O)C=CC1=O. The zero-order valence-corrected chi connectivity index (χ0v) is 36.6. The molecular weight excluding hydrogens is 874 g/mol. The van der Waals surface area contributed by atoms with E-state index in [1.807, 2.05) is 0 Å². The molecule has 66 heavy (non-hydrogen) atoms. The van der Waals surface area contributed by atoms with Crippen LogP contribution in [0.1, 0.15) is 58.3 Å². The first-order valence-corrected chi connectivity index (χ1v) is 21.4. The summed E-state index contributed by atoms with van der Waals surface area (Å²) < 4.78 is 24.0. The van der Waals surface area contributed by atoms with Gasteiger partial charge in [-0.15, -0.1) is 5.06 Å². The lowest BCUT2D eigenvalue weighted by Crippen LogP contribution is -2.44. The molecule has 1 unspecified atom stereocenters. The van der Waals surface area contributed by atoms with E-state index in [-0.39, 0.29) is 136 Å². The Morgan fingerprint density at radius 1 is 0.545 bits per heavy atom. The van der Waals surface area contributed by atoms with Crippen LogP contribution in [0.3, 0.4) is 0 Å². The summed E-state index contributed by atoms with van der Waals surface area (Å²) in [5.41, 5.74) is -1.09. The fraction of sp³-hybridized carbons (Fsp3) is 0.571. The molecule has 4 aliphatic heterocycles. The maximum absolute atomic E-state index is 12.7. The minimum atomic E-state index is -1.09. The third kappa shape index (κ3) is 17.1. The number of imide groups is 4. The van der Waals surface area contributed by atoms with Gasteiger partial charge in [0.2, 0.25) is 17.7 Å². The number of ether oxygens (including phenoxy) is 4. The van der Waals surface area contributed by atoms with Crippen molar-refractivity contribution in [3.05, 3.63) is 36.5 Å². The van der Waals surface area contributed by atoms with Gasteiger partial charge in [0, 0.05) is 121 Å². The number of hydrogen-bond acceptors (Lipinski definition) is 17. The highest BCUT2D eigenvalue weighted by Gasteiger charge is 2.35. The summed E-state index contributed by atoms with van der Waals surface area (Å²) >= 11 is 0. The third-order valence-corrected chi connectivity index (χ3v) is 10.0. The van der Waals surface area contributed by atoms with Crippen molar-refractivity contribution in [3.8, 4) is 0 Å². The van der Waals surface area contributed by atoms with Crippen LogP contribution in [0.25, 0.3) is 0 Å². The first-order chi connectivity index (χ1) is 31.6. The molecule has 0 aromatic carbocycles. The fourth-order valence-corrected chi connectivity index (χ4v) is 6.49. The minimum Gasteiger partial charge on any atom is -0.381 e. The molecule has 1 saturated heterocycles. The molecule has 0 bridgehead atoms. The molecule has 0 saturated carbocycles. The van der Waals surface area contributed by atoms with Crippen LogP contribution in [0.2, 0.25) is 0 Å². The summed E-state index contributed by atoms with van der Waals surface area (Å²) in [6, 6.07) is -0.546. The predicted molar refractivity (Wildman–Crippen MR) is 222 cm³/mol. The standard InChI is InChI=1S/C42H55N7O17/c1-29(45-32(52)14-20-48-37(57)8-9-38(48)58)24-65-28-42(27-64-23-15-41(61)66-49-39(59)10-11-40(49)60,25-62-21-2-16-43-30(50)12-18-46-33(53)4-5-34(46)54)26-63-22-3-17-44-31(51)13-19-47-35(55)6-7-36(47)56/h4-9,29H,2-3,10-28H2,1H3,(H,43,50)(H,44,51)(H,45,52). The number of rotatable bonds is 32. The zero-order valence-electron chi connectivity index (χ0n) is 36.6. The lowest BCUT2D eigenvalue weighted by atomic mass is 9.92. The highest BCUT2D eigenvalue weighted by molar-refractivity contribution is 6.14. The Morgan fingerprint density at radius 3 is 1.35 bits per heavy atom. The van der Waals surface area contributed by atoms with Crippen molar-refractivity contribution in [3.63, 3.8) is 0 Å². The van der Waals surface area contributed by atoms with Gasteiger partial charge in [0.05, 0.1) is 51.5 Å². The van der Waals surface area contributed by atoms with Crippen LogP contribution in [0.15, 0.2) is 36.5 Å². The maximum atomic E-state index is 12.7. The number of carbonyl (C=O) groups is 12. The van der Waals surface area contributed by atoms with E-state index in [2.05, 4.69) is 16.0 Å². The van der Waals surface area contributed by atoms with Gasteiger partial charge in [-0.25, -0.2) is 4.79 Å². The van der Waals surface area contributed by atoms with E-state index in [1.54, 1.807) is 6.92 Å². The van der Waals surface area contributed by atoms with E-state index in [0.29, 0.717) is 17.9 Å². The summed E-state index contributed by atoms with van der Waals surface area (Å²) in [7, 11) is 0. The lowest BCUT2D eigenvalue weighted by molar-refractivity contribution is -0.198. The van der Waals surface area contributed by atoms with E-state index < -0.39 is 70.6 Å². The molecule has 0 aromatic rings. The van der Waals surface area contributed by atoms with Crippen molar-refractivity contribution in [1.29, 1.82) is 0 Å². The summed E-state index contributed by atoms with van der Waals surface area (Å²) in [6.07, 6.45) is 6.63. The summed E-state index contributed by atoms with van der Waals surface area (Å²) in [6.45, 7) is 1.50. The molecule has 4 heterocycles. The van der Waals surface area contributed by atoms with Gasteiger partial charge in [0.1, 0.15) is 0 Å². The molecule has 4 rings (SSSR count). The zero-order chi connectivity index (χ0) is 48.1. The molecule has 0 spiro atoms. The number of hydrogen-bond donors (Lipinski definition) is 3. The molecule has 360 valence electrons. The Balaban J connectivity index is 1.32. The van der Waals surface area contributed by atoms with Gasteiger partial charge in [-0.1, -0.05) is 0 Å². The first kappa shape index (κ1) is 52.1. The number of nitrogens with zero attached hydrogens (tertiary/aromatic N) is 4. The molecule has 24 nitrogen and oxygen atoms in total. The summed E-state index contributed by atoms with van der Waals surface area (Å²) in [5.74, 6) is -6.37. The van der Waals surface area contributed by atoms with Crippen molar-refractivity contribution in [1.82, 2.24) is 35.7 Å². The average molecular weight is 930 g/mol. The van der Waals surface area contributed by atoms with Gasteiger partial charge in [-0.3, -0.25) is 67.4 Å². The van der Waals surface area contributed by atoms with Crippen LogP contribution in [-0.2, 0) is 81.3 Å². The van der Waals surface area contributed by atoms with Gasteiger partial charge in [0.15, 0.2) is 0 Å². The third-order valence-electron chi connectivity index (χ3n) is 10.0. The molecule has 0 aromatic heterocycles. The largest absolute Gasteiger partial charge is 0.381 e.